The molecule has 1 aliphatic heterocycles. The van der Waals surface area contributed by atoms with Gasteiger partial charge in [-0.15, -0.1) is 0 Å². The summed E-state index contributed by atoms with van der Waals surface area (Å²) in [5.41, 5.74) is -0.763. The van der Waals surface area contributed by atoms with Crippen molar-refractivity contribution in [2.75, 3.05) is 6.61 Å². The lowest BCUT2D eigenvalue weighted by molar-refractivity contribution is -0.131. The number of likely N-dealkylation sites (tertiary alicyclic amines) is 1. The van der Waals surface area contributed by atoms with Crippen molar-refractivity contribution in [1.29, 1.82) is 0 Å². The summed E-state index contributed by atoms with van der Waals surface area (Å²) in [4.78, 5) is 26.0. The highest BCUT2D eigenvalue weighted by atomic mass is 28.4. The molecule has 0 N–H and O–H groups in total. The maximum Gasteiger partial charge on any atom is 0.417 e. The Labute approximate surface area is 144 Å². The van der Waals surface area contributed by atoms with Crippen molar-refractivity contribution in [1.82, 2.24) is 4.90 Å². The van der Waals surface area contributed by atoms with Crippen molar-refractivity contribution in [3.63, 3.8) is 0 Å². The van der Waals surface area contributed by atoms with Gasteiger partial charge in [0, 0.05) is 8.64 Å². The molecular weight excluding hydrogens is 311 g/mol. The van der Waals surface area contributed by atoms with Gasteiger partial charge in [0.2, 0.25) is 5.91 Å². The van der Waals surface area contributed by atoms with Gasteiger partial charge in [-0.25, -0.2) is 9.69 Å². The van der Waals surface area contributed by atoms with Crippen LogP contribution < -0.4 is 0 Å². The van der Waals surface area contributed by atoms with E-state index < -0.39 is 44.3 Å². The zero-order chi connectivity index (χ0) is 20.0. The molecule has 0 unspecified atom stereocenters. The van der Waals surface area contributed by atoms with E-state index >= 15 is 0 Å². The van der Waals surface area contributed by atoms with Gasteiger partial charge in [-0.05, 0) is 45.3 Å². The predicted octanol–water partition coefficient (Wildman–Crippen LogP) is 4.18. The lowest BCUT2D eigenvalue weighted by atomic mass is 10.1. The average molecular weight is 347 g/mol. The molecule has 5 nitrogen and oxygen atoms in total. The van der Waals surface area contributed by atoms with Gasteiger partial charge in [0.15, 0.2) is 8.32 Å². The molecule has 1 heterocycles. The highest BCUT2D eigenvalue weighted by molar-refractivity contribution is 6.74. The van der Waals surface area contributed by atoms with Crippen LogP contribution in [0, 0.1) is 5.89 Å². The third kappa shape index (κ3) is 5.04. The molecule has 1 aliphatic rings. The molecule has 3 atom stereocenters. The molecular formula is C17H33NO4Si. The summed E-state index contributed by atoms with van der Waals surface area (Å²) in [6.45, 7) is 17.0. The maximum absolute atomic E-state index is 12.6. The average Bonchev–Trinajstić information content (AvgIpc) is 2.54. The van der Waals surface area contributed by atoms with E-state index in [2.05, 4.69) is 33.9 Å². The van der Waals surface area contributed by atoms with Crippen LogP contribution in [0.15, 0.2) is 0 Å². The Balaban J connectivity index is 3.07. The van der Waals surface area contributed by atoms with E-state index in [0.717, 1.165) is 4.90 Å². The van der Waals surface area contributed by atoms with Gasteiger partial charge in [0.25, 0.3) is 0 Å². The normalized spacial score (nSPS) is 31.0. The van der Waals surface area contributed by atoms with E-state index in [4.69, 9.17) is 11.9 Å². The number of rotatable bonds is 3. The summed E-state index contributed by atoms with van der Waals surface area (Å²) < 4.78 is 28.0. The summed E-state index contributed by atoms with van der Waals surface area (Å²) in [7, 11) is -2.12. The molecule has 1 saturated heterocycles. The Hall–Kier alpha value is -0.883. The summed E-state index contributed by atoms with van der Waals surface area (Å²) >= 11 is 0. The van der Waals surface area contributed by atoms with Gasteiger partial charge < -0.3 is 9.16 Å². The molecule has 0 radical (unpaired) electrons. The Morgan fingerprint density at radius 1 is 1.35 bits per heavy atom. The largest absolute Gasteiger partial charge is 0.443 e. The molecule has 0 saturated carbocycles. The van der Waals surface area contributed by atoms with Gasteiger partial charge in [-0.3, -0.25) is 4.79 Å². The molecule has 134 valence electrons. The lowest BCUT2D eigenvalue weighted by Gasteiger charge is -2.37. The minimum absolute atomic E-state index is 0.0336. The molecule has 6 heteroatoms. The van der Waals surface area contributed by atoms with Crippen LogP contribution in [0.4, 0.5) is 4.79 Å². The van der Waals surface area contributed by atoms with Crippen molar-refractivity contribution >= 4 is 20.3 Å². The molecule has 0 aromatic heterocycles. The standard InChI is InChI=1S/C17H33NO4Si/c1-12-10-13(11-21-23(8,9)17(5,6)7)18(14(12)19)15(20)22-16(2,3)4/h12-13H,10-11H2,1-9H3/t12-,13-/m1/s1/i1+1,10D,12D/t10-,12-,13-. The van der Waals surface area contributed by atoms with E-state index in [0.29, 0.717) is 0 Å². The number of imide groups is 1. The number of ether oxygens (including phenoxy) is 1. The molecule has 1 rings (SSSR count). The molecule has 0 aromatic carbocycles. The fraction of sp³-hybridized carbons (Fsp3) is 0.882. The second-order valence-corrected chi connectivity index (χ2v) is 13.5. The first-order chi connectivity index (χ1) is 10.9. The number of carbonyl (C=O) groups excluding carboxylic acids is 2. The topological polar surface area (TPSA) is 55.8 Å². The van der Waals surface area contributed by atoms with E-state index in [1.165, 1.54) is 6.92 Å². The molecule has 0 bridgehead atoms. The third-order valence-electron chi connectivity index (χ3n) is 4.34. The zero-order valence-electron chi connectivity index (χ0n) is 17.9. The van der Waals surface area contributed by atoms with Crippen molar-refractivity contribution in [2.24, 2.45) is 5.89 Å². The number of nitrogens with zero attached hydrogens (tertiary/aromatic N) is 1. The fourth-order valence-electron chi connectivity index (χ4n) is 1.94. The van der Waals surface area contributed by atoms with Crippen LogP contribution in [0.1, 0.15) is 57.6 Å². The van der Waals surface area contributed by atoms with Crippen LogP contribution in [-0.2, 0) is 14.0 Å². The van der Waals surface area contributed by atoms with E-state index in [-0.39, 0.29) is 11.6 Å². The first-order valence-corrected chi connectivity index (χ1v) is 11.0. The first kappa shape index (κ1) is 17.0. The quantitative estimate of drug-likeness (QED) is 0.568. The van der Waals surface area contributed by atoms with Crippen molar-refractivity contribution in [3.8, 4) is 0 Å². The second-order valence-electron chi connectivity index (χ2n) is 8.64. The first-order valence-electron chi connectivity index (χ1n) is 9.12. The molecule has 0 spiro atoms. The van der Waals surface area contributed by atoms with Crippen molar-refractivity contribution in [3.05, 3.63) is 0 Å². The van der Waals surface area contributed by atoms with Gasteiger partial charge in [-0.1, -0.05) is 27.7 Å². The van der Waals surface area contributed by atoms with Crippen molar-refractivity contribution < 1.29 is 21.5 Å². The summed E-state index contributed by atoms with van der Waals surface area (Å²) in [5, 5.41) is -0.0336. The summed E-state index contributed by atoms with van der Waals surface area (Å²) in [5.74, 6) is -2.40. The highest BCUT2D eigenvalue weighted by Gasteiger charge is 2.45. The van der Waals surface area contributed by atoms with Crippen LogP contribution in [-0.4, -0.2) is 43.5 Å². The van der Waals surface area contributed by atoms with E-state index in [9.17, 15) is 9.59 Å². The Kier molecular flexibility index (Phi) is 4.83. The van der Waals surface area contributed by atoms with Gasteiger partial charge in [0.1, 0.15) is 5.60 Å². The van der Waals surface area contributed by atoms with Gasteiger partial charge in [-0.2, -0.15) is 0 Å². The molecule has 0 aromatic rings. The summed E-state index contributed by atoms with van der Waals surface area (Å²) in [6.07, 6.45) is -1.90. The van der Waals surface area contributed by atoms with Crippen LogP contribution in [0.3, 0.4) is 0 Å². The van der Waals surface area contributed by atoms with Crippen LogP contribution in [0.5, 0.6) is 0 Å². The van der Waals surface area contributed by atoms with E-state index in [1.54, 1.807) is 20.8 Å². The Bertz CT molecular complexity index is 538. The molecule has 0 aliphatic carbocycles. The summed E-state index contributed by atoms with van der Waals surface area (Å²) in [6, 6.07) is -0.820. The van der Waals surface area contributed by atoms with Gasteiger partial charge >= 0.3 is 6.09 Å². The zero-order valence-corrected chi connectivity index (χ0v) is 16.9. The molecule has 23 heavy (non-hydrogen) atoms. The number of amides is 2. The molecule has 1 fully saturated rings. The van der Waals surface area contributed by atoms with E-state index in [1.807, 2.05) is 0 Å². The van der Waals surface area contributed by atoms with Gasteiger partial charge in [0.05, 0.1) is 12.6 Å². The Morgan fingerprint density at radius 3 is 2.30 bits per heavy atom. The third-order valence-corrected chi connectivity index (χ3v) is 8.84. The smallest absolute Gasteiger partial charge is 0.417 e. The number of carbonyl (C=O) groups is 2. The van der Waals surface area contributed by atoms with Crippen LogP contribution in [0.25, 0.3) is 0 Å². The minimum atomic E-state index is -2.12. The minimum Gasteiger partial charge on any atom is -0.443 e. The maximum atomic E-state index is 12.6. The van der Waals surface area contributed by atoms with Crippen LogP contribution in [0.2, 0.25) is 18.1 Å². The van der Waals surface area contributed by atoms with Crippen LogP contribution >= 0.6 is 0 Å². The Morgan fingerprint density at radius 2 is 1.87 bits per heavy atom. The molecule has 2 amide bonds. The fourth-order valence-corrected chi connectivity index (χ4v) is 2.96. The predicted molar refractivity (Wildman–Crippen MR) is 93.8 cm³/mol. The SMILES string of the molecule is [2H][C@H]1[C@H](CO[Si](C)(C)C(C)(C)C)N(C(=O)OC(C)(C)C)C(=O)[C@]1([2H])[13CH3]. The number of hydrogen-bond donors (Lipinski definition) is 0. The highest BCUT2D eigenvalue weighted by Crippen LogP contribution is 2.37. The number of hydrogen-bond acceptors (Lipinski definition) is 4. The lowest BCUT2D eigenvalue weighted by Crippen LogP contribution is -2.48. The van der Waals surface area contributed by atoms with Crippen molar-refractivity contribution in [2.45, 2.75) is 84.6 Å². The second kappa shape index (κ2) is 6.55. The monoisotopic (exact) mass is 346 g/mol.